The Morgan fingerprint density at radius 2 is 2.20 bits per heavy atom. The summed E-state index contributed by atoms with van der Waals surface area (Å²) in [7, 11) is 0. The summed E-state index contributed by atoms with van der Waals surface area (Å²) in [6, 6.07) is 0. The molecule has 0 radical (unpaired) electrons. The topological polar surface area (TPSA) is 49.3 Å². The van der Waals surface area contributed by atoms with Crippen LogP contribution in [0.3, 0.4) is 0 Å². The first-order valence-electron chi connectivity index (χ1n) is 3.40. The third-order valence-electron chi connectivity index (χ3n) is 1.46. The SMILES string of the molecule is CC(C)(CO)CCNC=O. The third-order valence-corrected chi connectivity index (χ3v) is 1.46. The van der Waals surface area contributed by atoms with Crippen molar-refractivity contribution in [1.29, 1.82) is 0 Å². The molecule has 3 nitrogen and oxygen atoms in total. The van der Waals surface area contributed by atoms with Crippen molar-refractivity contribution in [3.8, 4) is 0 Å². The molecule has 60 valence electrons. The van der Waals surface area contributed by atoms with Gasteiger partial charge < -0.3 is 10.4 Å². The van der Waals surface area contributed by atoms with Crippen LogP contribution in [0, 0.1) is 5.41 Å². The zero-order chi connectivity index (χ0) is 8.04. The molecule has 3 heteroatoms. The van der Waals surface area contributed by atoms with Gasteiger partial charge in [-0.1, -0.05) is 13.8 Å². The Morgan fingerprint density at radius 3 is 2.60 bits per heavy atom. The predicted molar refractivity (Wildman–Crippen MR) is 39.6 cm³/mol. The van der Waals surface area contributed by atoms with Crippen LogP contribution in [0.1, 0.15) is 20.3 Å². The summed E-state index contributed by atoms with van der Waals surface area (Å²) in [6.45, 7) is 4.71. The van der Waals surface area contributed by atoms with E-state index in [1.165, 1.54) is 0 Å². The van der Waals surface area contributed by atoms with E-state index in [1.807, 2.05) is 13.8 Å². The van der Waals surface area contributed by atoms with Crippen LogP contribution in [0.4, 0.5) is 0 Å². The molecule has 2 N–H and O–H groups in total. The molecule has 0 rings (SSSR count). The summed E-state index contributed by atoms with van der Waals surface area (Å²) in [5.41, 5.74) is -0.0734. The molecule has 0 bridgehead atoms. The molecule has 0 saturated heterocycles. The first-order chi connectivity index (χ1) is 4.62. The smallest absolute Gasteiger partial charge is 0.207 e. The highest BCUT2D eigenvalue weighted by molar-refractivity contribution is 5.45. The Kier molecular flexibility index (Phi) is 4.03. The first-order valence-corrected chi connectivity index (χ1v) is 3.40. The number of carbonyl (C=O) groups excluding carboxylic acids is 1. The average Bonchev–Trinajstić information content (AvgIpc) is 1.89. The minimum atomic E-state index is -0.0734. The van der Waals surface area contributed by atoms with E-state index in [-0.39, 0.29) is 12.0 Å². The maximum atomic E-state index is 9.81. The maximum Gasteiger partial charge on any atom is 0.207 e. The van der Waals surface area contributed by atoms with Gasteiger partial charge in [-0.2, -0.15) is 0 Å². The van der Waals surface area contributed by atoms with Crippen LogP contribution in [0.15, 0.2) is 0 Å². The van der Waals surface area contributed by atoms with E-state index < -0.39 is 0 Å². The molecule has 0 aromatic rings. The molecule has 10 heavy (non-hydrogen) atoms. The van der Waals surface area contributed by atoms with E-state index in [0.717, 1.165) is 6.42 Å². The van der Waals surface area contributed by atoms with E-state index in [4.69, 9.17) is 5.11 Å². The molecule has 0 aromatic heterocycles. The van der Waals surface area contributed by atoms with Crippen LogP contribution < -0.4 is 5.32 Å². The number of carbonyl (C=O) groups is 1. The summed E-state index contributed by atoms with van der Waals surface area (Å²) >= 11 is 0. The van der Waals surface area contributed by atoms with E-state index in [9.17, 15) is 4.79 Å². The molecule has 0 heterocycles. The van der Waals surface area contributed by atoms with Crippen LogP contribution in [0.25, 0.3) is 0 Å². The summed E-state index contributed by atoms with van der Waals surface area (Å²) in [5, 5.41) is 11.3. The number of hydrogen-bond donors (Lipinski definition) is 2. The average molecular weight is 145 g/mol. The standard InChI is InChI=1S/C7H15NO2/c1-7(2,5-9)3-4-8-6-10/h6,9H,3-5H2,1-2H3,(H,8,10). The molecule has 0 aromatic carbocycles. The van der Waals surface area contributed by atoms with Crippen molar-refractivity contribution in [2.45, 2.75) is 20.3 Å². The van der Waals surface area contributed by atoms with Gasteiger partial charge in [0.2, 0.25) is 6.41 Å². The number of rotatable bonds is 5. The van der Waals surface area contributed by atoms with Gasteiger partial charge in [0.25, 0.3) is 0 Å². The van der Waals surface area contributed by atoms with Crippen molar-refractivity contribution in [3.63, 3.8) is 0 Å². The molecule has 0 aliphatic heterocycles. The molecule has 0 spiro atoms. The second kappa shape index (κ2) is 4.28. The van der Waals surface area contributed by atoms with Crippen molar-refractivity contribution in [1.82, 2.24) is 5.32 Å². The Morgan fingerprint density at radius 1 is 1.60 bits per heavy atom. The lowest BCUT2D eigenvalue weighted by Gasteiger charge is -2.20. The fourth-order valence-corrected chi connectivity index (χ4v) is 0.549. The fraction of sp³-hybridized carbons (Fsp3) is 0.857. The van der Waals surface area contributed by atoms with Crippen molar-refractivity contribution in [2.24, 2.45) is 5.41 Å². The number of aliphatic hydroxyl groups excluding tert-OH is 1. The van der Waals surface area contributed by atoms with Gasteiger partial charge in [0.15, 0.2) is 0 Å². The summed E-state index contributed by atoms with van der Waals surface area (Å²) in [4.78, 5) is 9.81. The minimum Gasteiger partial charge on any atom is -0.396 e. The molecule has 0 aliphatic carbocycles. The monoisotopic (exact) mass is 145 g/mol. The highest BCUT2D eigenvalue weighted by atomic mass is 16.3. The summed E-state index contributed by atoms with van der Waals surface area (Å²) in [5.74, 6) is 0. The van der Waals surface area contributed by atoms with Gasteiger partial charge >= 0.3 is 0 Å². The highest BCUT2D eigenvalue weighted by Gasteiger charge is 2.14. The minimum absolute atomic E-state index is 0.0734. The summed E-state index contributed by atoms with van der Waals surface area (Å²) in [6.07, 6.45) is 1.48. The molecule has 0 atom stereocenters. The Hall–Kier alpha value is -0.570. The van der Waals surface area contributed by atoms with E-state index in [0.29, 0.717) is 13.0 Å². The van der Waals surface area contributed by atoms with Gasteiger partial charge in [0.05, 0.1) is 0 Å². The van der Waals surface area contributed by atoms with Gasteiger partial charge in [-0.15, -0.1) is 0 Å². The lowest BCUT2D eigenvalue weighted by atomic mass is 9.91. The van der Waals surface area contributed by atoms with Crippen molar-refractivity contribution in [3.05, 3.63) is 0 Å². The van der Waals surface area contributed by atoms with Crippen LogP contribution in [0.5, 0.6) is 0 Å². The van der Waals surface area contributed by atoms with Crippen LogP contribution in [0.2, 0.25) is 0 Å². The molecular formula is C7H15NO2. The zero-order valence-corrected chi connectivity index (χ0v) is 6.55. The second-order valence-electron chi connectivity index (χ2n) is 3.14. The van der Waals surface area contributed by atoms with Gasteiger partial charge in [0.1, 0.15) is 0 Å². The van der Waals surface area contributed by atoms with Crippen molar-refractivity contribution in [2.75, 3.05) is 13.2 Å². The van der Waals surface area contributed by atoms with Crippen LogP contribution >= 0.6 is 0 Å². The quantitative estimate of drug-likeness (QED) is 0.427. The number of nitrogens with one attached hydrogen (secondary N) is 1. The lowest BCUT2D eigenvalue weighted by Crippen LogP contribution is -2.24. The Labute approximate surface area is 61.4 Å². The fourth-order valence-electron chi connectivity index (χ4n) is 0.549. The third kappa shape index (κ3) is 4.32. The Balaban J connectivity index is 3.36. The number of amides is 1. The zero-order valence-electron chi connectivity index (χ0n) is 6.55. The van der Waals surface area contributed by atoms with E-state index in [2.05, 4.69) is 5.32 Å². The maximum absolute atomic E-state index is 9.81. The summed E-state index contributed by atoms with van der Waals surface area (Å²) < 4.78 is 0. The second-order valence-corrected chi connectivity index (χ2v) is 3.14. The van der Waals surface area contributed by atoms with Gasteiger partial charge in [-0.05, 0) is 11.8 Å². The molecule has 0 saturated carbocycles. The van der Waals surface area contributed by atoms with Crippen molar-refractivity contribution < 1.29 is 9.90 Å². The van der Waals surface area contributed by atoms with Crippen LogP contribution in [-0.2, 0) is 4.79 Å². The normalized spacial score (nSPS) is 11.1. The van der Waals surface area contributed by atoms with Crippen LogP contribution in [-0.4, -0.2) is 24.7 Å². The molecule has 0 aliphatic rings. The van der Waals surface area contributed by atoms with Gasteiger partial charge in [-0.3, -0.25) is 4.79 Å². The van der Waals surface area contributed by atoms with Gasteiger partial charge in [-0.25, -0.2) is 0 Å². The van der Waals surface area contributed by atoms with Crippen molar-refractivity contribution >= 4 is 6.41 Å². The van der Waals surface area contributed by atoms with Gasteiger partial charge in [0, 0.05) is 13.2 Å². The number of aliphatic hydroxyl groups is 1. The largest absolute Gasteiger partial charge is 0.396 e. The lowest BCUT2D eigenvalue weighted by molar-refractivity contribution is -0.109. The molecule has 1 amide bonds. The Bertz CT molecular complexity index is 102. The van der Waals surface area contributed by atoms with E-state index in [1.54, 1.807) is 0 Å². The molecule has 0 unspecified atom stereocenters. The van der Waals surface area contributed by atoms with E-state index >= 15 is 0 Å². The number of hydrogen-bond acceptors (Lipinski definition) is 2. The highest BCUT2D eigenvalue weighted by Crippen LogP contribution is 2.17. The first kappa shape index (κ1) is 9.43. The molecular weight excluding hydrogens is 130 g/mol. The predicted octanol–water partition coefficient (Wildman–Crippen LogP) is 0.141. The molecule has 0 fully saturated rings.